The van der Waals surface area contributed by atoms with E-state index >= 15 is 0 Å². The number of para-hydroxylation sites is 1. The zero-order chi connectivity index (χ0) is 17.9. The van der Waals surface area contributed by atoms with E-state index in [0.29, 0.717) is 0 Å². The highest BCUT2D eigenvalue weighted by Gasteiger charge is 2.55. The van der Waals surface area contributed by atoms with Crippen molar-refractivity contribution in [3.63, 3.8) is 0 Å². The zero-order valence-electron chi connectivity index (χ0n) is 14.0. The summed E-state index contributed by atoms with van der Waals surface area (Å²) < 4.78 is 0.941. The number of fused-ring (bicyclic) bond motifs is 6. The maximum absolute atomic E-state index is 13.6. The van der Waals surface area contributed by atoms with E-state index in [1.54, 1.807) is 4.90 Å². The van der Waals surface area contributed by atoms with E-state index in [1.165, 1.54) is 10.9 Å². The van der Waals surface area contributed by atoms with Crippen molar-refractivity contribution in [2.24, 2.45) is 0 Å². The number of hydrogen-bond acceptors (Lipinski definition) is 2. The molecule has 26 heavy (non-hydrogen) atoms. The highest BCUT2D eigenvalue weighted by molar-refractivity contribution is 9.10. The quantitative estimate of drug-likeness (QED) is 0.610. The Bertz CT molecular complexity index is 1110. The smallest absolute Gasteiger partial charge is 0.259 e. The minimum absolute atomic E-state index is 0.0175. The lowest BCUT2D eigenvalue weighted by molar-refractivity contribution is -0.123. The third-order valence-corrected chi connectivity index (χ3v) is 5.92. The average molecular weight is 406 g/mol. The topological polar surface area (TPSA) is 48.1 Å². The fraction of sp³-hybridized carbons (Fsp3) is 0.190. The van der Waals surface area contributed by atoms with Crippen LogP contribution in [0.15, 0.2) is 46.9 Å². The van der Waals surface area contributed by atoms with Crippen molar-refractivity contribution in [3.05, 3.63) is 63.8 Å². The van der Waals surface area contributed by atoms with Gasteiger partial charge in [0.1, 0.15) is 0 Å². The van der Waals surface area contributed by atoms with Crippen LogP contribution in [-0.4, -0.2) is 24.0 Å². The van der Waals surface area contributed by atoms with Crippen LogP contribution in [0.4, 0.5) is 5.69 Å². The number of terminal acetylenes is 1. The molecule has 2 aliphatic heterocycles. The van der Waals surface area contributed by atoms with Crippen LogP contribution in [0.5, 0.6) is 0 Å². The van der Waals surface area contributed by atoms with Gasteiger partial charge in [0.2, 0.25) is 0 Å². The largest absolute Gasteiger partial charge is 0.356 e. The van der Waals surface area contributed by atoms with Crippen LogP contribution in [0.2, 0.25) is 0 Å². The van der Waals surface area contributed by atoms with E-state index in [4.69, 9.17) is 6.42 Å². The number of anilines is 1. The highest BCUT2D eigenvalue weighted by atomic mass is 79.9. The molecule has 3 heterocycles. The number of nitrogens with zero attached hydrogens (tertiary/aromatic N) is 1. The van der Waals surface area contributed by atoms with Crippen molar-refractivity contribution in [1.82, 2.24) is 10.3 Å². The molecule has 0 aliphatic carbocycles. The molecule has 1 spiro atoms. The van der Waals surface area contributed by atoms with Crippen LogP contribution in [0.25, 0.3) is 10.9 Å². The number of nitrogens with one attached hydrogen (secondary N) is 2. The van der Waals surface area contributed by atoms with Gasteiger partial charge in [-0.2, -0.15) is 0 Å². The standard InChI is InChI=1S/C21H16BrN3O/c1-2-11-25-18-8-7-13(22)12-16(18)21(20(25)26)19-15(9-10-23-21)14-5-3-4-6-17(14)24-19/h1,3-8,12,23-24H,9-11H2/t21-/m0/s1. The normalized spacial score (nSPS) is 21.1. The van der Waals surface area contributed by atoms with Crippen LogP contribution < -0.4 is 10.2 Å². The molecule has 2 aliphatic rings. The Balaban J connectivity index is 1.85. The minimum Gasteiger partial charge on any atom is -0.356 e. The number of hydrogen-bond donors (Lipinski definition) is 2. The molecule has 128 valence electrons. The number of benzene rings is 2. The molecule has 1 amide bonds. The molecule has 5 heteroatoms. The van der Waals surface area contributed by atoms with Crippen LogP contribution in [0.3, 0.4) is 0 Å². The van der Waals surface area contributed by atoms with Gasteiger partial charge in [-0.3, -0.25) is 15.0 Å². The number of aromatic amines is 1. The highest BCUT2D eigenvalue weighted by Crippen LogP contribution is 2.48. The number of rotatable bonds is 1. The van der Waals surface area contributed by atoms with Crippen LogP contribution in [0, 0.1) is 12.3 Å². The van der Waals surface area contributed by atoms with Crippen molar-refractivity contribution in [3.8, 4) is 12.3 Å². The molecule has 0 unspecified atom stereocenters. The first kappa shape index (κ1) is 15.7. The van der Waals surface area contributed by atoms with Gasteiger partial charge in [0, 0.05) is 27.5 Å². The van der Waals surface area contributed by atoms with E-state index in [9.17, 15) is 4.79 Å². The van der Waals surface area contributed by atoms with Crippen molar-refractivity contribution >= 4 is 38.4 Å². The zero-order valence-corrected chi connectivity index (χ0v) is 15.6. The van der Waals surface area contributed by atoms with Gasteiger partial charge in [-0.15, -0.1) is 6.42 Å². The molecule has 2 N–H and O–H groups in total. The fourth-order valence-corrected chi connectivity index (χ4v) is 4.74. The third-order valence-electron chi connectivity index (χ3n) is 5.42. The molecule has 1 aromatic heterocycles. The predicted molar refractivity (Wildman–Crippen MR) is 106 cm³/mol. The fourth-order valence-electron chi connectivity index (χ4n) is 4.37. The van der Waals surface area contributed by atoms with Gasteiger partial charge < -0.3 is 4.98 Å². The third kappa shape index (κ3) is 1.86. The Hall–Kier alpha value is -2.55. The number of aromatic nitrogens is 1. The summed E-state index contributed by atoms with van der Waals surface area (Å²) in [5, 5.41) is 4.70. The van der Waals surface area contributed by atoms with Crippen molar-refractivity contribution in [2.45, 2.75) is 12.0 Å². The van der Waals surface area contributed by atoms with Gasteiger partial charge in [0.15, 0.2) is 5.54 Å². The van der Waals surface area contributed by atoms with Gasteiger partial charge in [0.05, 0.1) is 17.9 Å². The maximum Gasteiger partial charge on any atom is 0.259 e. The summed E-state index contributed by atoms with van der Waals surface area (Å²) in [6.07, 6.45) is 6.43. The van der Waals surface area contributed by atoms with E-state index in [2.05, 4.69) is 44.3 Å². The van der Waals surface area contributed by atoms with Gasteiger partial charge in [-0.05, 0) is 36.2 Å². The molecule has 2 aromatic carbocycles. The Labute approximate surface area is 159 Å². The van der Waals surface area contributed by atoms with E-state index in [-0.39, 0.29) is 12.5 Å². The van der Waals surface area contributed by atoms with Gasteiger partial charge in [0.25, 0.3) is 5.91 Å². The van der Waals surface area contributed by atoms with Crippen molar-refractivity contribution in [1.29, 1.82) is 0 Å². The molecule has 0 radical (unpaired) electrons. The van der Waals surface area contributed by atoms with Crippen molar-refractivity contribution < 1.29 is 4.79 Å². The Morgan fingerprint density at radius 3 is 2.96 bits per heavy atom. The summed E-state index contributed by atoms with van der Waals surface area (Å²) in [4.78, 5) is 18.8. The molecule has 0 bridgehead atoms. The Morgan fingerprint density at radius 2 is 2.12 bits per heavy atom. The lowest BCUT2D eigenvalue weighted by Crippen LogP contribution is -2.55. The first-order valence-electron chi connectivity index (χ1n) is 8.57. The Kier molecular flexibility index (Phi) is 3.30. The molecule has 0 fully saturated rings. The number of carbonyl (C=O) groups excluding carboxylic acids is 1. The van der Waals surface area contributed by atoms with Crippen LogP contribution in [-0.2, 0) is 16.8 Å². The van der Waals surface area contributed by atoms with Gasteiger partial charge >= 0.3 is 0 Å². The summed E-state index contributed by atoms with van der Waals surface area (Å²) >= 11 is 3.56. The minimum atomic E-state index is -0.914. The first-order chi connectivity index (χ1) is 12.7. The molecular weight excluding hydrogens is 390 g/mol. The number of amides is 1. The summed E-state index contributed by atoms with van der Waals surface area (Å²) in [6.45, 7) is 0.989. The van der Waals surface area contributed by atoms with Gasteiger partial charge in [-0.25, -0.2) is 0 Å². The summed E-state index contributed by atoms with van der Waals surface area (Å²) in [5.41, 5.74) is 4.10. The Morgan fingerprint density at radius 1 is 1.27 bits per heavy atom. The summed E-state index contributed by atoms with van der Waals surface area (Å²) in [5.74, 6) is 2.61. The molecule has 3 aromatic rings. The lowest BCUT2D eigenvalue weighted by atomic mass is 9.82. The van der Waals surface area contributed by atoms with Gasteiger partial charge in [-0.1, -0.05) is 40.0 Å². The molecule has 0 saturated heterocycles. The number of halogens is 1. The molecule has 4 nitrogen and oxygen atoms in total. The number of H-pyrrole nitrogens is 1. The van der Waals surface area contributed by atoms with E-state index in [0.717, 1.165) is 39.9 Å². The summed E-state index contributed by atoms with van der Waals surface area (Å²) in [7, 11) is 0. The second kappa shape index (κ2) is 5.47. The van der Waals surface area contributed by atoms with E-state index in [1.807, 2.05) is 30.3 Å². The molecule has 1 atom stereocenters. The second-order valence-electron chi connectivity index (χ2n) is 6.71. The second-order valence-corrected chi connectivity index (χ2v) is 7.62. The average Bonchev–Trinajstić information content (AvgIpc) is 3.14. The number of carbonyl (C=O) groups is 1. The van der Waals surface area contributed by atoms with Crippen LogP contribution in [0.1, 0.15) is 16.8 Å². The maximum atomic E-state index is 13.6. The monoisotopic (exact) mass is 405 g/mol. The molecule has 0 saturated carbocycles. The predicted octanol–water partition coefficient (Wildman–Crippen LogP) is 3.30. The summed E-state index contributed by atoms with van der Waals surface area (Å²) in [6, 6.07) is 14.2. The molecule has 5 rings (SSSR count). The first-order valence-corrected chi connectivity index (χ1v) is 9.36. The van der Waals surface area contributed by atoms with Crippen LogP contribution >= 0.6 is 15.9 Å². The SMILES string of the molecule is C#CCN1C(=O)[C@]2(NCCc3c2[nH]c2ccccc32)c2cc(Br)ccc21. The molecular formula is C21H16BrN3O. The van der Waals surface area contributed by atoms with E-state index < -0.39 is 5.54 Å². The lowest BCUT2D eigenvalue weighted by Gasteiger charge is -2.34. The van der Waals surface area contributed by atoms with Crippen molar-refractivity contribution in [2.75, 3.05) is 18.0 Å².